The van der Waals surface area contributed by atoms with Crippen LogP contribution in [-0.4, -0.2) is 43.7 Å². The van der Waals surface area contributed by atoms with Gasteiger partial charge in [-0.3, -0.25) is 4.21 Å². The lowest BCUT2D eigenvalue weighted by atomic mass is 10.2. The summed E-state index contributed by atoms with van der Waals surface area (Å²) in [4.78, 5) is 17.3. The van der Waals surface area contributed by atoms with E-state index in [0.29, 0.717) is 18.8 Å². The smallest absolute Gasteiger partial charge is 0.321 e. The summed E-state index contributed by atoms with van der Waals surface area (Å²) in [5.74, 6) is 0.536. The minimum Gasteiger partial charge on any atom is -0.361 e. The molecule has 0 saturated carbocycles. The quantitative estimate of drug-likeness (QED) is 0.850. The molecule has 1 aliphatic rings. The van der Waals surface area contributed by atoms with Crippen LogP contribution in [0, 0.1) is 0 Å². The van der Waals surface area contributed by atoms with Gasteiger partial charge < -0.3 is 15.2 Å². The van der Waals surface area contributed by atoms with Gasteiger partial charge in [0.2, 0.25) is 0 Å². The van der Waals surface area contributed by atoms with Gasteiger partial charge >= 0.3 is 6.03 Å². The Bertz CT molecular complexity index is 708. The number of rotatable bonds is 1. The lowest BCUT2D eigenvalue weighted by Gasteiger charge is -2.37. The molecule has 2 N–H and O–H groups in total. The zero-order valence-electron chi connectivity index (χ0n) is 12.2. The number of anilines is 1. The van der Waals surface area contributed by atoms with Crippen molar-refractivity contribution < 1.29 is 9.00 Å². The maximum atomic E-state index is 12.4. The summed E-state index contributed by atoms with van der Waals surface area (Å²) in [6.45, 7) is 4.92. The second-order valence-corrected chi connectivity index (χ2v) is 8.11. The number of fused-ring (bicyclic) bond motifs is 1. The fourth-order valence-electron chi connectivity index (χ4n) is 2.64. The van der Waals surface area contributed by atoms with E-state index < -0.39 is 10.8 Å². The zero-order chi connectivity index (χ0) is 15.0. The van der Waals surface area contributed by atoms with Crippen molar-refractivity contribution in [3.63, 3.8) is 0 Å². The van der Waals surface area contributed by atoms with Crippen LogP contribution in [-0.2, 0) is 10.8 Å². The van der Waals surface area contributed by atoms with Gasteiger partial charge in [-0.25, -0.2) is 4.79 Å². The molecule has 0 radical (unpaired) electrons. The number of H-pyrrole nitrogens is 1. The van der Waals surface area contributed by atoms with Crippen LogP contribution in [0.5, 0.6) is 0 Å². The van der Waals surface area contributed by atoms with Crippen LogP contribution in [0.15, 0.2) is 30.5 Å². The predicted octanol–water partition coefficient (Wildman–Crippen LogP) is 2.54. The molecule has 3 rings (SSSR count). The number of hydrogen-bond acceptors (Lipinski definition) is 2. The van der Waals surface area contributed by atoms with Crippen molar-refractivity contribution in [2.75, 3.05) is 24.2 Å². The number of carbonyl (C=O) groups is 1. The summed E-state index contributed by atoms with van der Waals surface area (Å²) in [7, 11) is -0.877. The fraction of sp³-hybridized carbons (Fsp3) is 0.400. The number of nitrogens with one attached hydrogen (secondary N) is 2. The van der Waals surface area contributed by atoms with Crippen molar-refractivity contribution in [1.82, 2.24) is 9.88 Å². The molecule has 1 aliphatic heterocycles. The number of urea groups is 1. The first kappa shape index (κ1) is 14.1. The Morgan fingerprint density at radius 2 is 2.19 bits per heavy atom. The maximum absolute atomic E-state index is 12.4. The van der Waals surface area contributed by atoms with Crippen LogP contribution in [0.25, 0.3) is 10.9 Å². The van der Waals surface area contributed by atoms with Crippen LogP contribution in [0.3, 0.4) is 0 Å². The van der Waals surface area contributed by atoms with Crippen molar-refractivity contribution in [3.05, 3.63) is 30.5 Å². The Hall–Kier alpha value is -1.82. The molecule has 1 aromatic heterocycles. The number of amides is 2. The third-order valence-corrected chi connectivity index (χ3v) is 5.77. The molecule has 1 unspecified atom stereocenters. The third kappa shape index (κ3) is 2.68. The van der Waals surface area contributed by atoms with Crippen molar-refractivity contribution >= 4 is 33.4 Å². The second kappa shape index (κ2) is 5.18. The van der Waals surface area contributed by atoms with Crippen LogP contribution in [0.1, 0.15) is 13.8 Å². The molecule has 0 spiro atoms. The average Bonchev–Trinajstić information content (AvgIpc) is 2.91. The van der Waals surface area contributed by atoms with Gasteiger partial charge in [0.1, 0.15) is 0 Å². The van der Waals surface area contributed by atoms with E-state index in [1.807, 2.05) is 44.3 Å². The minimum atomic E-state index is -0.877. The number of aromatic nitrogens is 1. The van der Waals surface area contributed by atoms with E-state index in [-0.39, 0.29) is 10.8 Å². The Balaban J connectivity index is 1.78. The van der Waals surface area contributed by atoms with Crippen molar-refractivity contribution in [1.29, 1.82) is 0 Å². The van der Waals surface area contributed by atoms with E-state index in [4.69, 9.17) is 0 Å². The monoisotopic (exact) mass is 305 g/mol. The summed E-state index contributed by atoms with van der Waals surface area (Å²) in [5.41, 5.74) is 1.79. The molecular weight excluding hydrogens is 286 g/mol. The predicted molar refractivity (Wildman–Crippen MR) is 86.0 cm³/mol. The van der Waals surface area contributed by atoms with E-state index in [2.05, 4.69) is 10.3 Å². The highest BCUT2D eigenvalue weighted by molar-refractivity contribution is 7.86. The van der Waals surface area contributed by atoms with Gasteiger partial charge in [0, 0.05) is 46.7 Å². The van der Waals surface area contributed by atoms with Gasteiger partial charge in [0.05, 0.1) is 10.4 Å². The topological polar surface area (TPSA) is 65.2 Å². The van der Waals surface area contributed by atoms with Gasteiger partial charge in [-0.1, -0.05) is 6.07 Å². The highest BCUT2D eigenvalue weighted by atomic mass is 32.2. The summed E-state index contributed by atoms with van der Waals surface area (Å²) in [6, 6.07) is 7.58. The molecule has 0 aliphatic carbocycles. The molecule has 21 heavy (non-hydrogen) atoms. The number of benzene rings is 1. The lowest BCUT2D eigenvalue weighted by molar-refractivity contribution is 0.207. The van der Waals surface area contributed by atoms with E-state index in [0.717, 1.165) is 16.6 Å². The molecule has 5 nitrogen and oxygen atoms in total. The Morgan fingerprint density at radius 1 is 1.38 bits per heavy atom. The minimum absolute atomic E-state index is 0.131. The van der Waals surface area contributed by atoms with Crippen molar-refractivity contribution in [3.8, 4) is 0 Å². The van der Waals surface area contributed by atoms with E-state index in [9.17, 15) is 9.00 Å². The molecule has 2 aromatic rings. The molecule has 2 heterocycles. The Labute approximate surface area is 126 Å². The van der Waals surface area contributed by atoms with Crippen molar-refractivity contribution in [2.24, 2.45) is 0 Å². The Morgan fingerprint density at radius 3 is 2.95 bits per heavy atom. The number of carbonyl (C=O) groups excluding carboxylic acids is 1. The largest absolute Gasteiger partial charge is 0.361 e. The third-order valence-electron chi connectivity index (χ3n) is 3.86. The average molecular weight is 305 g/mol. The lowest BCUT2D eigenvalue weighted by Crippen LogP contribution is -2.53. The van der Waals surface area contributed by atoms with Crippen LogP contribution in [0.4, 0.5) is 10.5 Å². The molecule has 2 amide bonds. The number of hydrogen-bond donors (Lipinski definition) is 2. The molecule has 6 heteroatoms. The summed E-state index contributed by atoms with van der Waals surface area (Å²) in [6.07, 6.45) is 1.85. The van der Waals surface area contributed by atoms with E-state index >= 15 is 0 Å². The van der Waals surface area contributed by atoms with E-state index in [1.165, 1.54) is 0 Å². The van der Waals surface area contributed by atoms with Gasteiger partial charge in [0.15, 0.2) is 0 Å². The maximum Gasteiger partial charge on any atom is 0.321 e. The van der Waals surface area contributed by atoms with Gasteiger partial charge in [-0.2, -0.15) is 0 Å². The van der Waals surface area contributed by atoms with Crippen LogP contribution >= 0.6 is 0 Å². The molecular formula is C15H19N3O2S. The fourth-order valence-corrected chi connectivity index (χ4v) is 3.88. The van der Waals surface area contributed by atoms with Crippen LogP contribution in [0.2, 0.25) is 0 Å². The first-order chi connectivity index (χ1) is 9.97. The van der Waals surface area contributed by atoms with E-state index in [1.54, 1.807) is 4.90 Å². The summed E-state index contributed by atoms with van der Waals surface area (Å²) >= 11 is 0. The molecule has 1 saturated heterocycles. The molecule has 112 valence electrons. The van der Waals surface area contributed by atoms with Gasteiger partial charge in [-0.05, 0) is 32.0 Å². The second-order valence-electron chi connectivity index (χ2n) is 5.91. The highest BCUT2D eigenvalue weighted by Gasteiger charge is 2.35. The highest BCUT2D eigenvalue weighted by Crippen LogP contribution is 2.24. The summed E-state index contributed by atoms with van der Waals surface area (Å²) < 4.78 is 11.6. The van der Waals surface area contributed by atoms with Gasteiger partial charge in [0.25, 0.3) is 0 Å². The molecule has 1 fully saturated rings. The number of nitrogens with zero attached hydrogens (tertiary/aromatic N) is 1. The van der Waals surface area contributed by atoms with Gasteiger partial charge in [-0.15, -0.1) is 0 Å². The first-order valence-corrected chi connectivity index (χ1v) is 8.30. The van der Waals surface area contributed by atoms with Crippen LogP contribution < -0.4 is 5.32 Å². The number of aromatic amines is 1. The zero-order valence-corrected chi connectivity index (χ0v) is 13.0. The first-order valence-electron chi connectivity index (χ1n) is 6.98. The van der Waals surface area contributed by atoms with Crippen molar-refractivity contribution in [2.45, 2.75) is 18.6 Å². The molecule has 1 aromatic carbocycles. The standard InChI is InChI=1S/C15H19N3O2S/c1-15(2)10-18(8-9-21(15)20)14(19)17-13-5-3-4-12-11(13)6-7-16-12/h3-7,16H,8-10H2,1-2H3,(H,17,19). The normalized spacial score (nSPS) is 21.4. The Kier molecular flexibility index (Phi) is 3.49. The molecule has 1 atom stereocenters. The summed E-state index contributed by atoms with van der Waals surface area (Å²) in [5, 5.41) is 3.95. The molecule has 0 bridgehead atoms. The SMILES string of the molecule is CC1(C)CN(C(=O)Nc2cccc3[nH]ccc23)CCS1=O.